The smallest absolute Gasteiger partial charge is 0.352 e. The van der Waals surface area contributed by atoms with Gasteiger partial charge in [0, 0.05) is 44.4 Å². The van der Waals surface area contributed by atoms with Gasteiger partial charge in [-0.15, -0.1) is 11.8 Å². The van der Waals surface area contributed by atoms with E-state index < -0.39 is 5.97 Å². The molecule has 0 saturated carbocycles. The molecule has 1 aliphatic rings. The summed E-state index contributed by atoms with van der Waals surface area (Å²) >= 11 is 8.40. The van der Waals surface area contributed by atoms with Gasteiger partial charge in [-0.25, -0.2) is 4.79 Å². The van der Waals surface area contributed by atoms with Crippen LogP contribution in [0.2, 0.25) is 5.02 Å². The fourth-order valence-corrected chi connectivity index (χ4v) is 5.62. The molecule has 8 heteroatoms. The molecule has 0 aliphatic carbocycles. The molecule has 6 rings (SSSR count). The summed E-state index contributed by atoms with van der Waals surface area (Å²) in [5.74, 6) is 0.851. The average molecular weight is 572 g/mol. The molecular formula is C32H26ClNO5S. The van der Waals surface area contributed by atoms with E-state index in [4.69, 9.17) is 25.8 Å². The van der Waals surface area contributed by atoms with Gasteiger partial charge in [0.25, 0.3) is 0 Å². The number of thioether (sulfide) groups is 1. The zero-order chi connectivity index (χ0) is 27.8. The lowest BCUT2D eigenvalue weighted by molar-refractivity contribution is 0.0692. The molecule has 2 N–H and O–H groups in total. The highest BCUT2D eigenvalue weighted by Crippen LogP contribution is 2.43. The molecule has 0 amide bonds. The number of fused-ring (bicyclic) bond motifs is 2. The summed E-state index contributed by atoms with van der Waals surface area (Å²) in [6.45, 7) is 2.51. The molecule has 1 aliphatic heterocycles. The first-order valence-electron chi connectivity index (χ1n) is 12.7. The Hall–Kier alpha value is -4.07. The number of aryl methyl sites for hydroxylation is 1. The van der Waals surface area contributed by atoms with Crippen molar-refractivity contribution < 1.29 is 24.1 Å². The minimum absolute atomic E-state index is 0.127. The molecule has 0 radical (unpaired) electrons. The van der Waals surface area contributed by atoms with Crippen molar-refractivity contribution in [3.63, 3.8) is 0 Å². The summed E-state index contributed by atoms with van der Waals surface area (Å²) < 4.78 is 17.5. The van der Waals surface area contributed by atoms with Gasteiger partial charge in [-0.1, -0.05) is 53.6 Å². The number of H-pyrrole nitrogens is 1. The number of carboxylic acid groups (broad SMARTS) is 1. The van der Waals surface area contributed by atoms with E-state index in [1.165, 1.54) is 4.90 Å². The van der Waals surface area contributed by atoms with E-state index in [1.807, 2.05) is 55.6 Å². The third kappa shape index (κ3) is 4.98. The quantitative estimate of drug-likeness (QED) is 0.183. The first kappa shape index (κ1) is 26.2. The summed E-state index contributed by atoms with van der Waals surface area (Å²) in [6.07, 6.45) is 2.44. The van der Waals surface area contributed by atoms with Crippen molar-refractivity contribution in [2.24, 2.45) is 0 Å². The molecule has 6 nitrogen and oxygen atoms in total. The highest BCUT2D eigenvalue weighted by Gasteiger charge is 2.25. The lowest BCUT2D eigenvalue weighted by Crippen LogP contribution is -2.02. The summed E-state index contributed by atoms with van der Waals surface area (Å²) in [6, 6.07) is 23.5. The van der Waals surface area contributed by atoms with Gasteiger partial charge in [0.05, 0.1) is 0 Å². The van der Waals surface area contributed by atoms with Crippen molar-refractivity contribution in [1.82, 2.24) is 4.98 Å². The Bertz CT molecular complexity index is 1730. The number of carboxylic acids is 1. The van der Waals surface area contributed by atoms with Gasteiger partial charge in [-0.3, -0.25) is 0 Å². The van der Waals surface area contributed by atoms with Crippen LogP contribution in [0.5, 0.6) is 17.2 Å². The Morgan fingerprint density at radius 2 is 1.75 bits per heavy atom. The van der Waals surface area contributed by atoms with Crippen LogP contribution in [0.3, 0.4) is 0 Å². The van der Waals surface area contributed by atoms with Crippen LogP contribution in [0.1, 0.15) is 32.7 Å². The molecule has 1 aromatic heterocycles. The fourth-order valence-electron chi connectivity index (χ4n) is 4.99. The highest BCUT2D eigenvalue weighted by atomic mass is 35.5. The van der Waals surface area contributed by atoms with E-state index in [2.05, 4.69) is 29.2 Å². The second-order valence-corrected chi connectivity index (χ2v) is 10.9. The van der Waals surface area contributed by atoms with E-state index in [0.717, 1.165) is 33.2 Å². The van der Waals surface area contributed by atoms with Crippen molar-refractivity contribution >= 4 is 40.2 Å². The first-order valence-corrected chi connectivity index (χ1v) is 14.3. The van der Waals surface area contributed by atoms with Gasteiger partial charge in [0.1, 0.15) is 18.1 Å². The minimum atomic E-state index is -1.03. The Balaban J connectivity index is 1.52. The Kier molecular flexibility index (Phi) is 7.09. The maximum absolute atomic E-state index is 12.4. The van der Waals surface area contributed by atoms with Gasteiger partial charge in [0.15, 0.2) is 11.5 Å². The molecule has 40 heavy (non-hydrogen) atoms. The largest absolute Gasteiger partial charge is 0.489 e. The summed E-state index contributed by atoms with van der Waals surface area (Å²) in [4.78, 5) is 16.7. The van der Waals surface area contributed by atoms with E-state index in [0.29, 0.717) is 46.4 Å². The number of carbonyl (C=O) groups is 1. The van der Waals surface area contributed by atoms with Crippen molar-refractivity contribution in [3.05, 3.63) is 106 Å². The number of aromatic amines is 1. The Labute approximate surface area is 240 Å². The van der Waals surface area contributed by atoms with Crippen molar-refractivity contribution in [2.45, 2.75) is 24.8 Å². The van der Waals surface area contributed by atoms with Crippen molar-refractivity contribution in [1.29, 1.82) is 0 Å². The zero-order valence-electron chi connectivity index (χ0n) is 21.9. The number of hydrogen-bond donors (Lipinski definition) is 2. The van der Waals surface area contributed by atoms with Crippen molar-refractivity contribution in [3.8, 4) is 28.4 Å². The molecule has 0 atom stereocenters. The molecule has 2 heterocycles. The number of ether oxygens (including phenoxy) is 3. The van der Waals surface area contributed by atoms with Gasteiger partial charge >= 0.3 is 5.97 Å². The van der Waals surface area contributed by atoms with E-state index in [-0.39, 0.29) is 12.5 Å². The number of aromatic nitrogens is 1. The highest BCUT2D eigenvalue weighted by molar-refractivity contribution is 7.98. The van der Waals surface area contributed by atoms with Gasteiger partial charge in [-0.2, -0.15) is 0 Å². The summed E-state index contributed by atoms with van der Waals surface area (Å²) in [5, 5.41) is 11.5. The number of rotatable bonds is 8. The normalized spacial score (nSPS) is 12.2. The number of aromatic carboxylic acids is 1. The van der Waals surface area contributed by atoms with Crippen LogP contribution < -0.4 is 14.2 Å². The lowest BCUT2D eigenvalue weighted by Gasteiger charge is -2.16. The van der Waals surface area contributed by atoms with Gasteiger partial charge < -0.3 is 24.3 Å². The van der Waals surface area contributed by atoms with E-state index >= 15 is 0 Å². The maximum Gasteiger partial charge on any atom is 0.352 e. The molecule has 4 aromatic carbocycles. The molecule has 0 bridgehead atoms. The molecule has 0 spiro atoms. The standard InChI is InChI=1S/C32H26ClNO5S/c1-18-3-7-20(8-4-18)29-30-23(13-21-14-27-28(15-24(21)33)39-17-38-27)26(12-11-25(30)34-31(29)32(35)36)37-16-19-5-9-22(40-2)10-6-19/h3-12,14-15,34H,13,16-17H2,1-2H3,(H,35,36). The lowest BCUT2D eigenvalue weighted by atomic mass is 9.93. The SMILES string of the molecule is CSc1ccc(COc2ccc3[nH]c(C(=O)O)c(-c4ccc(C)cc4)c3c2Cc2cc3c(cc2Cl)OCO3)cc1. The predicted octanol–water partition coefficient (Wildman–Crippen LogP) is 8.12. The fraction of sp³-hybridized carbons (Fsp3) is 0.156. The van der Waals surface area contributed by atoms with E-state index in [9.17, 15) is 9.90 Å². The van der Waals surface area contributed by atoms with Crippen LogP contribution in [0, 0.1) is 6.92 Å². The predicted molar refractivity (Wildman–Crippen MR) is 158 cm³/mol. The minimum Gasteiger partial charge on any atom is -0.489 e. The van der Waals surface area contributed by atoms with Crippen LogP contribution in [-0.2, 0) is 13.0 Å². The second kappa shape index (κ2) is 10.8. The molecule has 202 valence electrons. The third-order valence-corrected chi connectivity index (χ3v) is 8.14. The molecule has 0 saturated heterocycles. The zero-order valence-corrected chi connectivity index (χ0v) is 23.5. The van der Waals surface area contributed by atoms with Crippen molar-refractivity contribution in [2.75, 3.05) is 13.0 Å². The molecular weight excluding hydrogens is 546 g/mol. The van der Waals surface area contributed by atoms with Crippen LogP contribution in [-0.4, -0.2) is 29.1 Å². The number of nitrogens with one attached hydrogen (secondary N) is 1. The monoisotopic (exact) mass is 571 g/mol. The van der Waals surface area contributed by atoms with Crippen LogP contribution in [0.25, 0.3) is 22.0 Å². The second-order valence-electron chi connectivity index (χ2n) is 9.62. The average Bonchev–Trinajstić information content (AvgIpc) is 3.58. The third-order valence-electron chi connectivity index (χ3n) is 7.05. The topological polar surface area (TPSA) is 80.8 Å². The Morgan fingerprint density at radius 3 is 2.45 bits per heavy atom. The summed E-state index contributed by atoms with van der Waals surface area (Å²) in [5.41, 5.74) is 6.02. The van der Waals surface area contributed by atoms with Gasteiger partial charge in [0.2, 0.25) is 6.79 Å². The van der Waals surface area contributed by atoms with Crippen LogP contribution >= 0.6 is 23.4 Å². The molecule has 5 aromatic rings. The maximum atomic E-state index is 12.4. The first-order chi connectivity index (χ1) is 19.4. The number of hydrogen-bond acceptors (Lipinski definition) is 5. The molecule has 0 unspecified atom stereocenters. The Morgan fingerprint density at radius 1 is 1.02 bits per heavy atom. The van der Waals surface area contributed by atoms with E-state index in [1.54, 1.807) is 17.8 Å². The number of benzene rings is 4. The summed E-state index contributed by atoms with van der Waals surface area (Å²) in [7, 11) is 0. The molecule has 0 fully saturated rings. The van der Waals surface area contributed by atoms with Crippen LogP contribution in [0.15, 0.2) is 77.7 Å². The number of halogens is 1. The van der Waals surface area contributed by atoms with Gasteiger partial charge in [-0.05, 0) is 60.2 Å². The van der Waals surface area contributed by atoms with Crippen LogP contribution in [0.4, 0.5) is 0 Å².